The number of aromatic nitrogens is 1. The molecule has 0 aliphatic rings. The molecule has 2 N–H and O–H groups in total. The average Bonchev–Trinajstić information content (AvgIpc) is 2.57. The molecule has 0 fully saturated rings. The molecule has 1 amide bonds. The number of hydrogen-bond donors (Lipinski definition) is 1. The Bertz CT molecular complexity index is 693. The zero-order valence-corrected chi connectivity index (χ0v) is 12.6. The van der Waals surface area contributed by atoms with Crippen LogP contribution in [0.3, 0.4) is 0 Å². The van der Waals surface area contributed by atoms with E-state index in [-0.39, 0.29) is 10.7 Å². The second-order valence-electron chi connectivity index (χ2n) is 4.44. The summed E-state index contributed by atoms with van der Waals surface area (Å²) in [5.74, 6) is -0.557. The summed E-state index contributed by atoms with van der Waals surface area (Å²) in [4.78, 5) is 14.2. The number of nitrogens with zero attached hydrogens (tertiary/aromatic N) is 1. The summed E-state index contributed by atoms with van der Waals surface area (Å²) in [5.41, 5.74) is 7.76. The van der Waals surface area contributed by atoms with Gasteiger partial charge in [0, 0.05) is 6.20 Å². The molecule has 0 aliphatic carbocycles. The lowest BCUT2D eigenvalue weighted by Crippen LogP contribution is -2.11. The van der Waals surface area contributed by atoms with Crippen molar-refractivity contribution in [2.24, 2.45) is 5.73 Å². The molecule has 2 aromatic carbocycles. The van der Waals surface area contributed by atoms with Crippen LogP contribution in [0.25, 0.3) is 11.1 Å². The quantitative estimate of drug-likeness (QED) is 0.722. The van der Waals surface area contributed by atoms with E-state index in [1.54, 1.807) is 6.07 Å². The third-order valence-corrected chi connectivity index (χ3v) is 3.21. The Kier molecular flexibility index (Phi) is 5.69. The molecule has 0 unspecified atom stereocenters. The average molecular weight is 311 g/mol. The molecular weight excluding hydrogens is 296 g/mol. The van der Waals surface area contributed by atoms with Gasteiger partial charge in [-0.1, -0.05) is 72.3 Å². The molecule has 4 heteroatoms. The van der Waals surface area contributed by atoms with Crippen molar-refractivity contribution >= 4 is 17.5 Å². The zero-order valence-electron chi connectivity index (χ0n) is 11.8. The van der Waals surface area contributed by atoms with Crippen LogP contribution in [-0.4, -0.2) is 10.9 Å². The van der Waals surface area contributed by atoms with E-state index in [2.05, 4.69) is 53.5 Å². The predicted molar refractivity (Wildman–Crippen MR) is 89.6 cm³/mol. The van der Waals surface area contributed by atoms with Crippen molar-refractivity contribution in [2.75, 3.05) is 0 Å². The maximum absolute atomic E-state index is 10.5. The normalized spacial score (nSPS) is 9.50. The highest BCUT2D eigenvalue weighted by molar-refractivity contribution is 6.32. The molecule has 0 saturated heterocycles. The van der Waals surface area contributed by atoms with Crippen LogP contribution in [0, 0.1) is 0 Å². The lowest BCUT2D eigenvalue weighted by atomic mass is 10.1. The van der Waals surface area contributed by atoms with E-state index < -0.39 is 5.91 Å². The topological polar surface area (TPSA) is 56.0 Å². The number of hydrogen-bond acceptors (Lipinski definition) is 2. The molecule has 3 rings (SSSR count). The molecule has 0 bridgehead atoms. The molecule has 0 spiro atoms. The number of primary amides is 1. The van der Waals surface area contributed by atoms with Crippen LogP contribution in [0.1, 0.15) is 10.4 Å². The standard InChI is InChI=1S/C12H10.C6H5ClN2O/c1-3-7-11(8-4-1)12-9-5-2-6-10-12;7-5-4(6(8)10)2-1-3-9-5/h1-10H;1-3H,(H2,8,10). The Morgan fingerprint density at radius 1 is 0.818 bits per heavy atom. The minimum Gasteiger partial charge on any atom is -0.366 e. The van der Waals surface area contributed by atoms with Crippen LogP contribution in [0.15, 0.2) is 79.0 Å². The van der Waals surface area contributed by atoms with Gasteiger partial charge in [-0.15, -0.1) is 0 Å². The van der Waals surface area contributed by atoms with Gasteiger partial charge in [0.2, 0.25) is 0 Å². The lowest BCUT2D eigenvalue weighted by Gasteiger charge is -1.98. The van der Waals surface area contributed by atoms with Crippen LogP contribution in [0.2, 0.25) is 5.15 Å². The van der Waals surface area contributed by atoms with Gasteiger partial charge in [-0.25, -0.2) is 4.98 Å². The molecular formula is C18H15ClN2O. The van der Waals surface area contributed by atoms with Gasteiger partial charge in [-0.2, -0.15) is 0 Å². The van der Waals surface area contributed by atoms with E-state index >= 15 is 0 Å². The first kappa shape index (κ1) is 15.7. The molecule has 3 nitrogen and oxygen atoms in total. The maximum atomic E-state index is 10.5. The summed E-state index contributed by atoms with van der Waals surface area (Å²) in [6.45, 7) is 0. The van der Waals surface area contributed by atoms with Gasteiger partial charge in [0.1, 0.15) is 5.15 Å². The van der Waals surface area contributed by atoms with E-state index in [0.717, 1.165) is 0 Å². The van der Waals surface area contributed by atoms with Gasteiger partial charge < -0.3 is 5.73 Å². The monoisotopic (exact) mass is 310 g/mol. The van der Waals surface area contributed by atoms with Crippen LogP contribution in [0.5, 0.6) is 0 Å². The second kappa shape index (κ2) is 7.96. The fourth-order valence-electron chi connectivity index (χ4n) is 1.83. The molecule has 22 heavy (non-hydrogen) atoms. The number of carbonyl (C=O) groups excluding carboxylic acids is 1. The van der Waals surface area contributed by atoms with E-state index in [1.807, 2.05) is 12.1 Å². The lowest BCUT2D eigenvalue weighted by molar-refractivity contribution is 0.1000. The molecule has 110 valence electrons. The van der Waals surface area contributed by atoms with Crippen LogP contribution in [0.4, 0.5) is 0 Å². The highest BCUT2D eigenvalue weighted by atomic mass is 35.5. The highest BCUT2D eigenvalue weighted by Gasteiger charge is 2.04. The van der Waals surface area contributed by atoms with Crippen LogP contribution >= 0.6 is 11.6 Å². The fourth-order valence-corrected chi connectivity index (χ4v) is 2.04. The third kappa shape index (κ3) is 4.43. The van der Waals surface area contributed by atoms with Crippen molar-refractivity contribution in [1.82, 2.24) is 4.98 Å². The van der Waals surface area contributed by atoms with E-state index in [0.29, 0.717) is 0 Å². The number of rotatable bonds is 2. The number of carbonyl (C=O) groups is 1. The maximum Gasteiger partial charge on any atom is 0.251 e. The molecule has 0 aliphatic heterocycles. The first-order chi connectivity index (χ1) is 10.7. The Hall–Kier alpha value is -2.65. The van der Waals surface area contributed by atoms with Gasteiger partial charge in [0.15, 0.2) is 0 Å². The van der Waals surface area contributed by atoms with Gasteiger partial charge in [-0.3, -0.25) is 4.79 Å². The van der Waals surface area contributed by atoms with Crippen molar-refractivity contribution in [2.45, 2.75) is 0 Å². The molecule has 3 aromatic rings. The molecule has 1 heterocycles. The fraction of sp³-hybridized carbons (Fsp3) is 0. The largest absolute Gasteiger partial charge is 0.366 e. The van der Waals surface area contributed by atoms with Crippen molar-refractivity contribution in [3.8, 4) is 11.1 Å². The number of benzene rings is 2. The van der Waals surface area contributed by atoms with Gasteiger partial charge in [-0.05, 0) is 23.3 Å². The van der Waals surface area contributed by atoms with E-state index in [9.17, 15) is 4.79 Å². The Morgan fingerprint density at radius 3 is 1.68 bits per heavy atom. The van der Waals surface area contributed by atoms with E-state index in [1.165, 1.54) is 23.4 Å². The summed E-state index contributed by atoms with van der Waals surface area (Å²) in [7, 11) is 0. The van der Waals surface area contributed by atoms with Crippen molar-refractivity contribution < 1.29 is 4.79 Å². The number of amides is 1. The molecule has 0 atom stereocenters. The molecule has 0 radical (unpaired) electrons. The third-order valence-electron chi connectivity index (χ3n) is 2.91. The highest BCUT2D eigenvalue weighted by Crippen LogP contribution is 2.17. The van der Waals surface area contributed by atoms with Crippen LogP contribution < -0.4 is 5.73 Å². The SMILES string of the molecule is NC(=O)c1cccnc1Cl.c1ccc(-c2ccccc2)cc1. The van der Waals surface area contributed by atoms with Crippen molar-refractivity contribution in [1.29, 1.82) is 0 Å². The first-order valence-electron chi connectivity index (χ1n) is 6.69. The molecule has 1 aromatic heterocycles. The van der Waals surface area contributed by atoms with Crippen molar-refractivity contribution in [3.63, 3.8) is 0 Å². The zero-order chi connectivity index (χ0) is 15.8. The summed E-state index contributed by atoms with van der Waals surface area (Å²) >= 11 is 5.51. The van der Waals surface area contributed by atoms with Gasteiger partial charge in [0.25, 0.3) is 5.91 Å². The van der Waals surface area contributed by atoms with Gasteiger partial charge in [0.05, 0.1) is 5.56 Å². The Morgan fingerprint density at radius 2 is 1.32 bits per heavy atom. The summed E-state index contributed by atoms with van der Waals surface area (Å²) in [6, 6.07) is 23.9. The summed E-state index contributed by atoms with van der Waals surface area (Å²) < 4.78 is 0. The van der Waals surface area contributed by atoms with E-state index in [4.69, 9.17) is 17.3 Å². The van der Waals surface area contributed by atoms with Gasteiger partial charge >= 0.3 is 0 Å². The van der Waals surface area contributed by atoms with Crippen LogP contribution in [-0.2, 0) is 0 Å². The Balaban J connectivity index is 0.000000164. The van der Waals surface area contributed by atoms with Crippen molar-refractivity contribution in [3.05, 3.63) is 89.7 Å². The number of nitrogens with two attached hydrogens (primary N) is 1. The summed E-state index contributed by atoms with van der Waals surface area (Å²) in [6.07, 6.45) is 1.49. The minimum atomic E-state index is -0.557. The molecule has 0 saturated carbocycles. The number of halogens is 1. The summed E-state index contributed by atoms with van der Waals surface area (Å²) in [5, 5.41) is 0.148. The second-order valence-corrected chi connectivity index (χ2v) is 4.80. The predicted octanol–water partition coefficient (Wildman–Crippen LogP) is 4.19. The first-order valence-corrected chi connectivity index (χ1v) is 7.07. The smallest absolute Gasteiger partial charge is 0.251 e. The minimum absolute atomic E-state index is 0.148. The number of pyridine rings is 1. The Labute approximate surface area is 134 Å².